The number of anilines is 1. The van der Waals surface area contributed by atoms with E-state index in [0.29, 0.717) is 30.7 Å². The average Bonchev–Trinajstić information content (AvgIpc) is 3.65. The van der Waals surface area contributed by atoms with Gasteiger partial charge in [0.25, 0.3) is 17.4 Å². The fraction of sp³-hybridized carbons (Fsp3) is 0.697. The van der Waals surface area contributed by atoms with Gasteiger partial charge in [-0.15, -0.1) is 0 Å². The third-order valence-electron chi connectivity index (χ3n) is 10.8. The highest BCUT2D eigenvalue weighted by molar-refractivity contribution is 6.18. The van der Waals surface area contributed by atoms with Crippen molar-refractivity contribution in [3.63, 3.8) is 0 Å². The van der Waals surface area contributed by atoms with Gasteiger partial charge in [-0.1, -0.05) is 43.7 Å². The van der Waals surface area contributed by atoms with Crippen LogP contribution >= 0.6 is 0 Å². The third kappa shape index (κ3) is 5.26. The Kier molecular flexibility index (Phi) is 8.17. The lowest BCUT2D eigenvalue weighted by molar-refractivity contribution is -0.178. The maximum atomic E-state index is 14.9. The first-order valence-corrected chi connectivity index (χ1v) is 16.6. The molecule has 6 rings (SSSR count). The summed E-state index contributed by atoms with van der Waals surface area (Å²) in [4.78, 5) is 53.0. The molecular weight excluding hydrogens is 558 g/mol. The van der Waals surface area contributed by atoms with Gasteiger partial charge >= 0.3 is 0 Å². The number of hydrogen-bond donors (Lipinski definition) is 2. The standard InChI is InChI=1S/C33H47N7O4/c1-4-39-28-25(21-36-39)27(37-22-11-13-23(41)14-12-22)24(20-35-28)26-19-33(29(34)42,44-38-26)30(43)40(31(2)15-7-5-8-16-31)32(3)17-9-6-10-18-32/h20-22H,4-19H2,1-3H3,(H2,34,42)(H,35,37). The van der Waals surface area contributed by atoms with Gasteiger partial charge in [0.05, 0.1) is 29.4 Å². The number of pyridine rings is 1. The van der Waals surface area contributed by atoms with Crippen LogP contribution in [-0.4, -0.2) is 65.7 Å². The van der Waals surface area contributed by atoms with Crippen LogP contribution in [0.15, 0.2) is 17.5 Å². The molecule has 4 aliphatic rings. The number of aryl methyl sites for hydroxylation is 1. The topological polar surface area (TPSA) is 145 Å². The molecule has 3 aliphatic carbocycles. The molecule has 1 atom stereocenters. The minimum atomic E-state index is -1.94. The van der Waals surface area contributed by atoms with E-state index in [-0.39, 0.29) is 24.2 Å². The number of hydrogen-bond acceptors (Lipinski definition) is 8. The second-order valence-corrected chi connectivity index (χ2v) is 14.0. The Labute approximate surface area is 259 Å². The van der Waals surface area contributed by atoms with Crippen molar-refractivity contribution < 1.29 is 19.2 Å². The molecule has 44 heavy (non-hydrogen) atoms. The molecule has 0 spiro atoms. The first-order chi connectivity index (χ1) is 21.1. The lowest BCUT2D eigenvalue weighted by Crippen LogP contribution is -2.69. The largest absolute Gasteiger partial charge is 0.381 e. The number of oxime groups is 1. The van der Waals surface area contributed by atoms with E-state index in [4.69, 9.17) is 15.6 Å². The predicted octanol–water partition coefficient (Wildman–Crippen LogP) is 5.00. The summed E-state index contributed by atoms with van der Waals surface area (Å²) >= 11 is 0. The summed E-state index contributed by atoms with van der Waals surface area (Å²) in [6.45, 7) is 7.02. The van der Waals surface area contributed by atoms with E-state index in [1.165, 1.54) is 0 Å². The highest BCUT2D eigenvalue weighted by atomic mass is 16.7. The number of rotatable bonds is 8. The zero-order valence-corrected chi connectivity index (χ0v) is 26.5. The van der Waals surface area contributed by atoms with Gasteiger partial charge in [-0.25, -0.2) is 9.67 Å². The van der Waals surface area contributed by atoms with E-state index < -0.39 is 22.6 Å². The molecule has 3 N–H and O–H groups in total. The van der Waals surface area contributed by atoms with Crippen LogP contribution in [0.3, 0.4) is 0 Å². The van der Waals surface area contributed by atoms with Crippen molar-refractivity contribution in [1.29, 1.82) is 0 Å². The molecule has 3 saturated carbocycles. The van der Waals surface area contributed by atoms with Crippen LogP contribution in [-0.2, 0) is 25.8 Å². The van der Waals surface area contributed by atoms with Gasteiger partial charge < -0.3 is 20.8 Å². The van der Waals surface area contributed by atoms with Crippen molar-refractivity contribution in [2.45, 2.75) is 146 Å². The smallest absolute Gasteiger partial charge is 0.297 e. The Balaban J connectivity index is 1.38. The molecule has 0 saturated heterocycles. The summed E-state index contributed by atoms with van der Waals surface area (Å²) in [6, 6.07) is 0.0838. The first kappa shape index (κ1) is 30.5. The van der Waals surface area contributed by atoms with E-state index in [1.807, 2.05) is 16.5 Å². The highest BCUT2D eigenvalue weighted by Crippen LogP contribution is 2.46. The van der Waals surface area contributed by atoms with Crippen LogP contribution in [0, 0.1) is 0 Å². The number of amides is 2. The Morgan fingerprint density at radius 3 is 2.20 bits per heavy atom. The molecule has 1 unspecified atom stereocenters. The Morgan fingerprint density at radius 2 is 1.64 bits per heavy atom. The third-order valence-corrected chi connectivity index (χ3v) is 10.8. The molecule has 3 fully saturated rings. The summed E-state index contributed by atoms with van der Waals surface area (Å²) in [7, 11) is 0. The average molecular weight is 606 g/mol. The van der Waals surface area contributed by atoms with E-state index in [0.717, 1.165) is 93.8 Å². The summed E-state index contributed by atoms with van der Waals surface area (Å²) in [5, 5.41) is 13.4. The van der Waals surface area contributed by atoms with Crippen LogP contribution in [0.2, 0.25) is 0 Å². The Hall–Kier alpha value is -3.50. The quantitative estimate of drug-likeness (QED) is 0.403. The lowest BCUT2D eigenvalue weighted by Gasteiger charge is -2.56. The second kappa shape index (κ2) is 11.8. The summed E-state index contributed by atoms with van der Waals surface area (Å²) in [6.07, 6.45) is 16.0. The van der Waals surface area contributed by atoms with Gasteiger partial charge in [0, 0.05) is 48.3 Å². The zero-order valence-electron chi connectivity index (χ0n) is 26.5. The second-order valence-electron chi connectivity index (χ2n) is 14.0. The van der Waals surface area contributed by atoms with Crippen molar-refractivity contribution >= 4 is 40.0 Å². The molecule has 1 aliphatic heterocycles. The normalized spacial score (nSPS) is 25.3. The number of carbonyl (C=O) groups excluding carboxylic acids is 3. The van der Waals surface area contributed by atoms with E-state index in [9.17, 15) is 14.4 Å². The number of nitrogens with zero attached hydrogens (tertiary/aromatic N) is 5. The van der Waals surface area contributed by atoms with Crippen LogP contribution in [0.5, 0.6) is 0 Å². The SMILES string of the molecule is CCn1ncc2c(NC3CCC(=O)CC3)c(C3=NOC(C(N)=O)(C(=O)N(C4(C)CCCCC4)C4(C)CCCCC4)C3)cnc21. The number of carbonyl (C=O) groups is 3. The van der Waals surface area contributed by atoms with Crippen molar-refractivity contribution in [1.82, 2.24) is 19.7 Å². The minimum Gasteiger partial charge on any atom is -0.381 e. The Morgan fingerprint density at radius 1 is 1.02 bits per heavy atom. The number of nitrogens with one attached hydrogen (secondary N) is 1. The fourth-order valence-corrected chi connectivity index (χ4v) is 8.25. The van der Waals surface area contributed by atoms with Gasteiger partial charge in [0.15, 0.2) is 5.65 Å². The summed E-state index contributed by atoms with van der Waals surface area (Å²) < 4.78 is 1.83. The first-order valence-electron chi connectivity index (χ1n) is 16.6. The molecule has 2 amide bonds. The van der Waals surface area contributed by atoms with Gasteiger partial charge in [0.1, 0.15) is 5.78 Å². The van der Waals surface area contributed by atoms with Crippen molar-refractivity contribution in [3.05, 3.63) is 18.0 Å². The number of Topliss-reactive ketones (excluding diaryl/α,β-unsaturated/α-hetero) is 1. The molecular formula is C33H47N7O4. The number of ketones is 1. The molecule has 3 heterocycles. The van der Waals surface area contributed by atoms with E-state index >= 15 is 0 Å². The summed E-state index contributed by atoms with van der Waals surface area (Å²) in [5.41, 5.74) is 5.99. The van der Waals surface area contributed by atoms with Crippen molar-refractivity contribution in [2.24, 2.45) is 10.9 Å². The number of fused-ring (bicyclic) bond motifs is 1. The number of nitrogens with two attached hydrogens (primary N) is 1. The Bertz CT molecular complexity index is 1440. The van der Waals surface area contributed by atoms with Gasteiger partial charge in [-0.05, 0) is 59.3 Å². The molecule has 0 bridgehead atoms. The van der Waals surface area contributed by atoms with Crippen LogP contribution < -0.4 is 11.1 Å². The molecule has 2 aromatic heterocycles. The van der Waals surface area contributed by atoms with Gasteiger partial charge in [-0.3, -0.25) is 14.4 Å². The zero-order chi connectivity index (χ0) is 31.1. The van der Waals surface area contributed by atoms with Crippen LogP contribution in [0.25, 0.3) is 11.0 Å². The van der Waals surface area contributed by atoms with Gasteiger partial charge in [0.2, 0.25) is 0 Å². The molecule has 11 nitrogen and oxygen atoms in total. The van der Waals surface area contributed by atoms with Crippen LogP contribution in [0.1, 0.15) is 123 Å². The molecule has 0 aromatic carbocycles. The fourth-order valence-electron chi connectivity index (χ4n) is 8.25. The maximum absolute atomic E-state index is 14.9. The highest BCUT2D eigenvalue weighted by Gasteiger charge is 2.60. The molecule has 0 radical (unpaired) electrons. The van der Waals surface area contributed by atoms with Crippen molar-refractivity contribution in [2.75, 3.05) is 5.32 Å². The monoisotopic (exact) mass is 605 g/mol. The van der Waals surface area contributed by atoms with E-state index in [2.05, 4.69) is 29.4 Å². The van der Waals surface area contributed by atoms with Crippen LogP contribution in [0.4, 0.5) is 5.69 Å². The summed E-state index contributed by atoms with van der Waals surface area (Å²) in [5.74, 6) is -0.910. The number of primary amides is 1. The van der Waals surface area contributed by atoms with Crippen molar-refractivity contribution in [3.8, 4) is 0 Å². The predicted molar refractivity (Wildman–Crippen MR) is 168 cm³/mol. The minimum absolute atomic E-state index is 0.0727. The molecule has 2 aromatic rings. The number of aromatic nitrogens is 3. The van der Waals surface area contributed by atoms with E-state index in [1.54, 1.807) is 12.4 Å². The van der Waals surface area contributed by atoms with Gasteiger partial charge in [-0.2, -0.15) is 5.10 Å². The molecule has 238 valence electrons. The lowest BCUT2D eigenvalue weighted by atomic mass is 9.73. The maximum Gasteiger partial charge on any atom is 0.297 e. The molecule has 11 heteroatoms.